The molecule has 0 spiro atoms. The van der Waals surface area contributed by atoms with Gasteiger partial charge in [-0.2, -0.15) is 11.8 Å². The van der Waals surface area contributed by atoms with Crippen LogP contribution in [-0.2, 0) is 0 Å². The second kappa shape index (κ2) is 6.62. The van der Waals surface area contributed by atoms with E-state index in [4.69, 9.17) is 5.73 Å². The molecular weight excluding hydrogens is 321 g/mol. The van der Waals surface area contributed by atoms with Gasteiger partial charge in [0.25, 0.3) is 0 Å². The quantitative estimate of drug-likeness (QED) is 0.348. The summed E-state index contributed by atoms with van der Waals surface area (Å²) in [5.41, 5.74) is 6.76. The predicted octanol–water partition coefficient (Wildman–Crippen LogP) is 1.98. The van der Waals surface area contributed by atoms with Crippen LogP contribution >= 0.6 is 35.7 Å². The summed E-state index contributed by atoms with van der Waals surface area (Å²) in [6, 6.07) is 0. The summed E-state index contributed by atoms with van der Waals surface area (Å²) in [6.45, 7) is 7.30. The van der Waals surface area contributed by atoms with Gasteiger partial charge in [-0.25, -0.2) is 0 Å². The van der Waals surface area contributed by atoms with Crippen LogP contribution in [0.2, 0.25) is 0 Å². The van der Waals surface area contributed by atoms with Crippen molar-refractivity contribution in [2.24, 2.45) is 10.7 Å². The zero-order valence-electron chi connectivity index (χ0n) is 9.38. The highest BCUT2D eigenvalue weighted by Gasteiger charge is 2.41. The van der Waals surface area contributed by atoms with Crippen molar-refractivity contribution in [1.82, 2.24) is 5.32 Å². The highest BCUT2D eigenvalue weighted by atomic mass is 127. The zero-order chi connectivity index (χ0) is 10.6. The van der Waals surface area contributed by atoms with Crippen LogP contribution < -0.4 is 11.1 Å². The molecule has 0 aliphatic heterocycles. The third kappa shape index (κ3) is 5.65. The average molecular weight is 341 g/mol. The van der Waals surface area contributed by atoms with Gasteiger partial charge in [0.1, 0.15) is 0 Å². The Labute approximate surface area is 113 Å². The van der Waals surface area contributed by atoms with E-state index in [1.807, 2.05) is 18.7 Å². The second-order valence-corrected chi connectivity index (χ2v) is 5.17. The largest absolute Gasteiger partial charge is 0.370 e. The van der Waals surface area contributed by atoms with Gasteiger partial charge in [0.2, 0.25) is 0 Å². The fourth-order valence-electron chi connectivity index (χ4n) is 1.09. The summed E-state index contributed by atoms with van der Waals surface area (Å²) in [5, 5.41) is 3.03. The molecule has 0 aromatic carbocycles. The van der Waals surface area contributed by atoms with Gasteiger partial charge in [-0.15, -0.1) is 24.0 Å². The average Bonchev–Trinajstić information content (AvgIpc) is 2.92. The molecule has 0 unspecified atom stereocenters. The van der Waals surface area contributed by atoms with Crippen LogP contribution in [0.5, 0.6) is 0 Å². The van der Waals surface area contributed by atoms with E-state index < -0.39 is 0 Å². The predicted molar refractivity (Wildman–Crippen MR) is 80.2 cm³/mol. The van der Waals surface area contributed by atoms with Crippen molar-refractivity contribution in [3.05, 3.63) is 12.2 Å². The Morgan fingerprint density at radius 3 is 2.60 bits per heavy atom. The van der Waals surface area contributed by atoms with Crippen molar-refractivity contribution in [2.75, 3.05) is 19.3 Å². The van der Waals surface area contributed by atoms with E-state index in [0.717, 1.165) is 12.1 Å². The van der Waals surface area contributed by atoms with Crippen molar-refractivity contribution in [3.8, 4) is 0 Å². The minimum absolute atomic E-state index is 0. The lowest BCUT2D eigenvalue weighted by atomic mass is 10.3. The first-order valence-corrected chi connectivity index (χ1v) is 6.04. The number of nitrogens with one attached hydrogen (secondary N) is 1. The monoisotopic (exact) mass is 341 g/mol. The lowest BCUT2D eigenvalue weighted by Crippen LogP contribution is -2.33. The molecule has 0 radical (unpaired) electrons. The van der Waals surface area contributed by atoms with Gasteiger partial charge in [0.15, 0.2) is 5.96 Å². The molecule has 0 atom stereocenters. The molecule has 0 bridgehead atoms. The van der Waals surface area contributed by atoms with E-state index in [2.05, 4.69) is 23.1 Å². The fourth-order valence-corrected chi connectivity index (χ4v) is 1.80. The van der Waals surface area contributed by atoms with E-state index in [1.165, 1.54) is 12.8 Å². The number of nitrogens with two attached hydrogens (primary N) is 1. The Balaban J connectivity index is 0.00000196. The van der Waals surface area contributed by atoms with Crippen LogP contribution in [0.4, 0.5) is 0 Å². The maximum Gasteiger partial charge on any atom is 0.188 e. The van der Waals surface area contributed by atoms with E-state index in [0.29, 0.717) is 17.3 Å². The number of nitrogens with zero attached hydrogens (tertiary/aromatic N) is 1. The summed E-state index contributed by atoms with van der Waals surface area (Å²) in [5.74, 6) is 0.535. The Morgan fingerprint density at radius 1 is 1.60 bits per heavy atom. The lowest BCUT2D eigenvalue weighted by molar-refractivity contribution is 0.876. The highest BCUT2D eigenvalue weighted by Crippen LogP contribution is 2.47. The van der Waals surface area contributed by atoms with Crippen LogP contribution in [0.15, 0.2) is 17.1 Å². The van der Waals surface area contributed by atoms with E-state index in [1.54, 1.807) is 0 Å². The molecule has 3 nitrogen and oxygen atoms in total. The van der Waals surface area contributed by atoms with Crippen molar-refractivity contribution >= 4 is 41.7 Å². The molecule has 1 aliphatic carbocycles. The number of thioether (sulfide) groups is 1. The Kier molecular flexibility index (Phi) is 6.66. The summed E-state index contributed by atoms with van der Waals surface area (Å²) in [4.78, 5) is 4.32. The fraction of sp³-hybridized carbons (Fsp3) is 0.700. The lowest BCUT2D eigenvalue weighted by Gasteiger charge is -2.09. The van der Waals surface area contributed by atoms with Crippen LogP contribution in [0.3, 0.4) is 0 Å². The van der Waals surface area contributed by atoms with Crippen molar-refractivity contribution in [2.45, 2.75) is 24.5 Å². The maximum atomic E-state index is 5.70. The first-order chi connectivity index (χ1) is 6.58. The van der Waals surface area contributed by atoms with Crippen molar-refractivity contribution in [1.29, 1.82) is 0 Å². The van der Waals surface area contributed by atoms with Crippen LogP contribution in [-0.4, -0.2) is 30.1 Å². The second-order valence-electron chi connectivity index (χ2n) is 3.90. The summed E-state index contributed by atoms with van der Waals surface area (Å²) in [7, 11) is 0. The normalized spacial score (nSPS) is 17.9. The number of hydrogen-bond donors (Lipinski definition) is 2. The van der Waals surface area contributed by atoms with Crippen LogP contribution in [0.1, 0.15) is 19.8 Å². The SMILES string of the molecule is C=C(C)CNC(N)=NCC1(SC)CC1.I. The molecule has 1 aliphatic rings. The topological polar surface area (TPSA) is 50.4 Å². The standard InChI is InChI=1S/C10H19N3S.HI/c1-8(2)6-12-9(11)13-7-10(14-3)4-5-10;/h1,4-7H2,2-3H3,(H3,11,12,13);1H. The molecule has 0 heterocycles. The molecule has 0 saturated heterocycles. The number of hydrogen-bond acceptors (Lipinski definition) is 2. The van der Waals surface area contributed by atoms with Gasteiger partial charge >= 0.3 is 0 Å². The number of rotatable bonds is 5. The van der Waals surface area contributed by atoms with Gasteiger partial charge in [-0.3, -0.25) is 4.99 Å². The van der Waals surface area contributed by atoms with Gasteiger partial charge in [0, 0.05) is 11.3 Å². The van der Waals surface area contributed by atoms with Gasteiger partial charge in [-0.05, 0) is 26.0 Å². The molecule has 15 heavy (non-hydrogen) atoms. The molecule has 5 heteroatoms. The Bertz CT molecular complexity index is 249. The molecule has 0 aromatic heterocycles. The molecule has 3 N–H and O–H groups in total. The highest BCUT2D eigenvalue weighted by molar-refractivity contribution is 14.0. The van der Waals surface area contributed by atoms with Gasteiger partial charge in [0.05, 0.1) is 6.54 Å². The Morgan fingerprint density at radius 2 is 2.20 bits per heavy atom. The molecule has 1 saturated carbocycles. The zero-order valence-corrected chi connectivity index (χ0v) is 12.5. The van der Waals surface area contributed by atoms with E-state index in [-0.39, 0.29) is 24.0 Å². The number of aliphatic imine (C=N–C) groups is 1. The third-order valence-electron chi connectivity index (χ3n) is 2.35. The number of halogens is 1. The maximum absolute atomic E-state index is 5.70. The molecule has 0 amide bonds. The van der Waals surface area contributed by atoms with Crippen molar-refractivity contribution in [3.63, 3.8) is 0 Å². The van der Waals surface area contributed by atoms with Gasteiger partial charge < -0.3 is 11.1 Å². The summed E-state index contributed by atoms with van der Waals surface area (Å²) >= 11 is 1.90. The Hall–Kier alpha value is 0.0900. The summed E-state index contributed by atoms with van der Waals surface area (Å²) < 4.78 is 0.398. The number of guanidine groups is 1. The molecule has 1 fully saturated rings. The summed E-state index contributed by atoms with van der Waals surface area (Å²) in [6.07, 6.45) is 4.68. The molecule has 1 rings (SSSR count). The van der Waals surface area contributed by atoms with Gasteiger partial charge in [-0.1, -0.05) is 12.2 Å². The molecule has 88 valence electrons. The first-order valence-electron chi connectivity index (χ1n) is 4.81. The minimum Gasteiger partial charge on any atom is -0.370 e. The van der Waals surface area contributed by atoms with E-state index >= 15 is 0 Å². The smallest absolute Gasteiger partial charge is 0.188 e. The van der Waals surface area contributed by atoms with Crippen LogP contribution in [0.25, 0.3) is 0 Å². The molecule has 0 aromatic rings. The van der Waals surface area contributed by atoms with Crippen molar-refractivity contribution < 1.29 is 0 Å². The first kappa shape index (κ1) is 15.1. The third-order valence-corrected chi connectivity index (χ3v) is 3.75. The minimum atomic E-state index is 0. The van der Waals surface area contributed by atoms with E-state index in [9.17, 15) is 0 Å². The molecular formula is C10H20IN3S. The van der Waals surface area contributed by atoms with Crippen LogP contribution in [0, 0.1) is 0 Å².